The highest BCUT2D eigenvalue weighted by molar-refractivity contribution is 5.71. The first-order valence-corrected chi connectivity index (χ1v) is 36.1. The van der Waals surface area contributed by atoms with E-state index in [4.69, 9.17) is 14.2 Å². The Kier molecular flexibility index (Phi) is 68.2. The first kappa shape index (κ1) is 79.6. The summed E-state index contributed by atoms with van der Waals surface area (Å²) in [4.78, 5) is 38.5. The second-order valence-electron chi connectivity index (χ2n) is 24.1. The van der Waals surface area contributed by atoms with Gasteiger partial charge in [-0.15, -0.1) is 0 Å². The molecule has 0 aromatic rings. The molecule has 0 aromatic heterocycles. The van der Waals surface area contributed by atoms with Gasteiger partial charge in [-0.25, -0.2) is 0 Å². The highest BCUT2D eigenvalue weighted by atomic mass is 16.6. The van der Waals surface area contributed by atoms with Gasteiger partial charge in [-0.3, -0.25) is 14.4 Å². The van der Waals surface area contributed by atoms with Crippen molar-refractivity contribution in [3.63, 3.8) is 0 Å². The number of hydrogen-bond donors (Lipinski definition) is 0. The van der Waals surface area contributed by atoms with Crippen LogP contribution in [0.15, 0.2) is 85.1 Å². The molecule has 6 heteroatoms. The Morgan fingerprint density at radius 2 is 0.482 bits per heavy atom. The van der Waals surface area contributed by atoms with Crippen LogP contribution in [0.25, 0.3) is 0 Å². The average Bonchev–Trinajstić information content (AvgIpc) is 3.49. The van der Waals surface area contributed by atoms with Gasteiger partial charge in [-0.2, -0.15) is 0 Å². The summed E-state index contributed by atoms with van der Waals surface area (Å²) < 4.78 is 17.0. The van der Waals surface area contributed by atoms with Crippen molar-refractivity contribution in [2.45, 2.75) is 374 Å². The monoisotopic (exact) mass is 1160 g/mol. The third-order valence-corrected chi connectivity index (χ3v) is 15.9. The molecule has 0 fully saturated rings. The van der Waals surface area contributed by atoms with Gasteiger partial charge in [0.05, 0.1) is 0 Å². The quantitative estimate of drug-likeness (QED) is 0.0261. The molecule has 0 heterocycles. The van der Waals surface area contributed by atoms with E-state index in [0.717, 1.165) is 109 Å². The fraction of sp³-hybridized carbons (Fsp3) is 0.779. The van der Waals surface area contributed by atoms with Gasteiger partial charge in [0.1, 0.15) is 13.2 Å². The van der Waals surface area contributed by atoms with E-state index in [9.17, 15) is 14.4 Å². The Bertz CT molecular complexity index is 1570. The smallest absolute Gasteiger partial charge is 0.306 e. The minimum absolute atomic E-state index is 0.0763. The Labute approximate surface area is 515 Å². The van der Waals surface area contributed by atoms with Gasteiger partial charge in [0.25, 0.3) is 0 Å². The van der Waals surface area contributed by atoms with Crippen LogP contribution in [-0.2, 0) is 28.6 Å². The van der Waals surface area contributed by atoms with Crippen molar-refractivity contribution in [1.82, 2.24) is 0 Å². The number of rotatable bonds is 66. The molecule has 0 bridgehead atoms. The maximum Gasteiger partial charge on any atom is 0.306 e. The van der Waals surface area contributed by atoms with E-state index in [2.05, 4.69) is 106 Å². The van der Waals surface area contributed by atoms with Crippen molar-refractivity contribution in [1.29, 1.82) is 0 Å². The first-order valence-electron chi connectivity index (χ1n) is 36.1. The predicted octanol–water partition coefficient (Wildman–Crippen LogP) is 25.0. The van der Waals surface area contributed by atoms with Crippen LogP contribution in [-0.4, -0.2) is 37.2 Å². The number of allylic oxidation sites excluding steroid dienone is 14. The zero-order valence-electron chi connectivity index (χ0n) is 55.2. The molecule has 0 rings (SSSR count). The van der Waals surface area contributed by atoms with Gasteiger partial charge in [0.2, 0.25) is 0 Å². The van der Waals surface area contributed by atoms with Gasteiger partial charge in [0.15, 0.2) is 6.10 Å². The van der Waals surface area contributed by atoms with E-state index >= 15 is 0 Å². The first-order chi connectivity index (χ1) is 41.0. The normalized spacial score (nSPS) is 12.6. The van der Waals surface area contributed by atoms with Gasteiger partial charge < -0.3 is 14.2 Å². The van der Waals surface area contributed by atoms with Crippen molar-refractivity contribution in [2.24, 2.45) is 0 Å². The minimum Gasteiger partial charge on any atom is -0.462 e. The lowest BCUT2D eigenvalue weighted by molar-refractivity contribution is -0.167. The Hall–Kier alpha value is -3.41. The second kappa shape index (κ2) is 71.1. The number of hydrogen-bond acceptors (Lipinski definition) is 6. The van der Waals surface area contributed by atoms with E-state index in [1.165, 1.54) is 218 Å². The van der Waals surface area contributed by atoms with Crippen molar-refractivity contribution in [3.8, 4) is 0 Å². The lowest BCUT2D eigenvalue weighted by atomic mass is 10.0. The maximum absolute atomic E-state index is 13.0. The molecular weight excluding hydrogens is 1020 g/mol. The summed E-state index contributed by atoms with van der Waals surface area (Å²) in [5.41, 5.74) is 0. The molecule has 0 aliphatic rings. The van der Waals surface area contributed by atoms with Crippen LogP contribution in [0.3, 0.4) is 0 Å². The molecule has 0 amide bonds. The van der Waals surface area contributed by atoms with E-state index in [-0.39, 0.29) is 31.1 Å². The fourth-order valence-corrected chi connectivity index (χ4v) is 10.5. The summed E-state index contributed by atoms with van der Waals surface area (Å²) in [7, 11) is 0. The molecule has 0 N–H and O–H groups in total. The molecule has 1 unspecified atom stereocenters. The highest BCUT2D eigenvalue weighted by Crippen LogP contribution is 2.18. The summed E-state index contributed by atoms with van der Waals surface area (Å²) >= 11 is 0. The summed E-state index contributed by atoms with van der Waals surface area (Å²) in [5.74, 6) is -0.868. The van der Waals surface area contributed by atoms with Crippen LogP contribution in [0.5, 0.6) is 0 Å². The van der Waals surface area contributed by atoms with Crippen molar-refractivity contribution < 1.29 is 28.6 Å². The van der Waals surface area contributed by atoms with Crippen molar-refractivity contribution >= 4 is 17.9 Å². The Morgan fingerprint density at radius 1 is 0.253 bits per heavy atom. The molecule has 0 aliphatic carbocycles. The van der Waals surface area contributed by atoms with Gasteiger partial charge >= 0.3 is 17.9 Å². The third kappa shape index (κ3) is 69.3. The van der Waals surface area contributed by atoms with Crippen LogP contribution >= 0.6 is 0 Å². The highest BCUT2D eigenvalue weighted by Gasteiger charge is 2.19. The minimum atomic E-state index is -0.781. The van der Waals surface area contributed by atoms with Crippen LogP contribution in [0.4, 0.5) is 0 Å². The molecule has 480 valence electrons. The van der Waals surface area contributed by atoms with E-state index in [1.807, 2.05) is 0 Å². The largest absolute Gasteiger partial charge is 0.462 e. The molecule has 0 spiro atoms. The number of esters is 3. The van der Waals surface area contributed by atoms with Gasteiger partial charge in [-0.05, 0) is 89.9 Å². The third-order valence-electron chi connectivity index (χ3n) is 15.9. The maximum atomic E-state index is 13.0. The summed E-state index contributed by atoms with van der Waals surface area (Å²) in [6.07, 6.45) is 94.7. The Morgan fingerprint density at radius 3 is 0.771 bits per heavy atom. The summed E-state index contributed by atoms with van der Waals surface area (Å²) in [5, 5.41) is 0. The molecule has 0 aromatic carbocycles. The van der Waals surface area contributed by atoms with Crippen molar-refractivity contribution in [3.05, 3.63) is 85.1 Å². The molecule has 1 atom stereocenters. The zero-order chi connectivity index (χ0) is 59.9. The topological polar surface area (TPSA) is 78.9 Å². The number of unbranched alkanes of at least 4 members (excludes halogenated alkanes) is 41. The molecule has 0 saturated heterocycles. The fourth-order valence-electron chi connectivity index (χ4n) is 10.5. The lowest BCUT2D eigenvalue weighted by Gasteiger charge is -2.18. The summed E-state index contributed by atoms with van der Waals surface area (Å²) in [6, 6.07) is 0. The van der Waals surface area contributed by atoms with E-state index < -0.39 is 6.10 Å². The standard InChI is InChI=1S/C77H136O6/c1-4-7-10-13-16-19-22-25-28-30-32-34-35-36-37-38-39-40-41-42-43-44-46-47-49-52-55-58-61-64-67-70-76(79)82-73-74(72-81-75(78)69-66-63-60-57-54-51-27-24-21-18-15-12-9-6-3)83-77(80)71-68-65-62-59-56-53-50-48-45-33-31-29-26-23-20-17-14-11-8-5-2/h7,10,15-16,18-19,24-25,27-28,32,34,36-37,74H,4-6,8-9,11-14,17,20-23,26,29-31,33,35,38-73H2,1-3H3/b10-7-,18-15-,19-16-,27-24-,28-25-,34-32-,37-36-. The van der Waals surface area contributed by atoms with Gasteiger partial charge in [0, 0.05) is 19.3 Å². The van der Waals surface area contributed by atoms with E-state index in [1.54, 1.807) is 0 Å². The van der Waals surface area contributed by atoms with Crippen LogP contribution in [0, 0.1) is 0 Å². The molecule has 0 saturated carbocycles. The van der Waals surface area contributed by atoms with Gasteiger partial charge in [-0.1, -0.05) is 343 Å². The molecule has 0 aliphatic heterocycles. The number of carbonyl (C=O) groups excluding carboxylic acids is 3. The van der Waals surface area contributed by atoms with Crippen molar-refractivity contribution in [2.75, 3.05) is 13.2 Å². The number of ether oxygens (including phenoxy) is 3. The van der Waals surface area contributed by atoms with E-state index in [0.29, 0.717) is 19.3 Å². The zero-order valence-corrected chi connectivity index (χ0v) is 55.2. The van der Waals surface area contributed by atoms with Crippen LogP contribution < -0.4 is 0 Å². The average molecular weight is 1160 g/mol. The number of carbonyl (C=O) groups is 3. The second-order valence-corrected chi connectivity index (χ2v) is 24.1. The summed E-state index contributed by atoms with van der Waals surface area (Å²) in [6.45, 7) is 6.53. The Balaban J connectivity index is 4.23. The lowest BCUT2D eigenvalue weighted by Crippen LogP contribution is -2.30. The van der Waals surface area contributed by atoms with Crippen LogP contribution in [0.1, 0.15) is 367 Å². The predicted molar refractivity (Wildman–Crippen MR) is 362 cm³/mol. The molecule has 6 nitrogen and oxygen atoms in total. The van der Waals surface area contributed by atoms with Crippen LogP contribution in [0.2, 0.25) is 0 Å². The SMILES string of the molecule is CC/C=C\C/C=C\C/C=C\C/C=C\C/C=C\CCCCCCCCCCCCCCCCCC(=O)OCC(COC(=O)CCCCCCC/C=C\C/C=C\CCCC)OC(=O)CCCCCCCCCCCCCCCCCCCCCC. The molecular formula is C77H136O6. The molecule has 0 radical (unpaired) electrons. The molecule has 83 heavy (non-hydrogen) atoms.